The Morgan fingerprint density at radius 3 is 2.42 bits per heavy atom. The Morgan fingerprint density at radius 1 is 1.13 bits per heavy atom. The minimum absolute atomic E-state index is 0.0250. The quantitative estimate of drug-likeness (QED) is 0.611. The molecule has 6 heteroatoms. The first-order valence-electron chi connectivity index (χ1n) is 10.7. The number of alkyl halides is 2. The molecule has 1 amide bonds. The van der Waals surface area contributed by atoms with Crippen molar-refractivity contribution in [2.24, 2.45) is 5.41 Å². The van der Waals surface area contributed by atoms with E-state index in [2.05, 4.69) is 47.9 Å². The number of hydrogen-bond donors (Lipinski definition) is 1. The van der Waals surface area contributed by atoms with Crippen LogP contribution in [0.1, 0.15) is 55.9 Å². The van der Waals surface area contributed by atoms with E-state index < -0.39 is 6.61 Å². The summed E-state index contributed by atoms with van der Waals surface area (Å²) in [6.07, 6.45) is 2.21. The molecule has 0 atom stereocenters. The lowest BCUT2D eigenvalue weighted by molar-refractivity contribution is -0.117. The highest BCUT2D eigenvalue weighted by Gasteiger charge is 2.20. The molecule has 0 bridgehead atoms. The number of fused-ring (bicyclic) bond motifs is 1. The van der Waals surface area contributed by atoms with Gasteiger partial charge in [-0.1, -0.05) is 26.8 Å². The van der Waals surface area contributed by atoms with E-state index in [1.807, 2.05) is 19.9 Å². The number of nitrogens with one attached hydrogen (secondary N) is 1. The second kappa shape index (κ2) is 9.25. The topological polar surface area (TPSA) is 41.6 Å². The molecule has 4 nitrogen and oxygen atoms in total. The first-order valence-corrected chi connectivity index (χ1v) is 10.7. The zero-order valence-electron chi connectivity index (χ0n) is 19.0. The van der Waals surface area contributed by atoms with Gasteiger partial charge in [-0.15, -0.1) is 0 Å². The summed E-state index contributed by atoms with van der Waals surface area (Å²) < 4.78 is 29.6. The van der Waals surface area contributed by atoms with Gasteiger partial charge < -0.3 is 15.0 Å². The monoisotopic (exact) mass is 430 g/mol. The first-order chi connectivity index (χ1) is 14.5. The molecule has 0 unspecified atom stereocenters. The lowest BCUT2D eigenvalue weighted by atomic mass is 9.92. The van der Waals surface area contributed by atoms with Crippen molar-refractivity contribution in [1.82, 2.24) is 0 Å². The number of ether oxygens (including phenoxy) is 1. The van der Waals surface area contributed by atoms with Crippen molar-refractivity contribution < 1.29 is 18.3 Å². The lowest BCUT2D eigenvalue weighted by Crippen LogP contribution is -2.23. The molecule has 0 saturated heterocycles. The standard InChI is InChI=1S/C25H32F2N2O2/c1-16-11-20(12-17(2)23(16)28-22(30)14-25(3,4)5)29-10-6-7-18-13-21(31-24(26)27)9-8-19(18)15-29/h8-9,11-13,24H,6-7,10,14-15H2,1-5H3,(H,28,30). The number of hydrogen-bond acceptors (Lipinski definition) is 3. The van der Waals surface area contributed by atoms with E-state index in [-0.39, 0.29) is 17.1 Å². The van der Waals surface area contributed by atoms with Crippen LogP contribution in [0.15, 0.2) is 30.3 Å². The summed E-state index contributed by atoms with van der Waals surface area (Å²) in [5.41, 5.74) is 6.15. The molecule has 168 valence electrons. The number of halogens is 2. The highest BCUT2D eigenvalue weighted by Crippen LogP contribution is 2.32. The Bertz CT molecular complexity index is 928. The highest BCUT2D eigenvalue weighted by molar-refractivity contribution is 5.93. The number of nitrogens with zero attached hydrogens (tertiary/aromatic N) is 1. The van der Waals surface area contributed by atoms with E-state index in [1.165, 1.54) is 0 Å². The fourth-order valence-corrected chi connectivity index (χ4v) is 4.12. The number of amides is 1. The zero-order chi connectivity index (χ0) is 22.8. The van der Waals surface area contributed by atoms with Crippen molar-refractivity contribution in [2.45, 2.75) is 67.0 Å². The average molecular weight is 431 g/mol. The van der Waals surface area contributed by atoms with Crippen LogP contribution in [0.5, 0.6) is 5.75 Å². The fourth-order valence-electron chi connectivity index (χ4n) is 4.12. The molecule has 1 aliphatic heterocycles. The third-order valence-corrected chi connectivity index (χ3v) is 5.48. The van der Waals surface area contributed by atoms with E-state index in [0.29, 0.717) is 13.0 Å². The van der Waals surface area contributed by atoms with Crippen LogP contribution in [0, 0.1) is 19.3 Å². The fraction of sp³-hybridized carbons (Fsp3) is 0.480. The number of benzene rings is 2. The van der Waals surface area contributed by atoms with Crippen molar-refractivity contribution in [1.29, 1.82) is 0 Å². The molecule has 1 N–H and O–H groups in total. The van der Waals surface area contributed by atoms with Crippen LogP contribution >= 0.6 is 0 Å². The highest BCUT2D eigenvalue weighted by atomic mass is 19.3. The third kappa shape index (κ3) is 6.18. The van der Waals surface area contributed by atoms with E-state index in [4.69, 9.17) is 0 Å². The largest absolute Gasteiger partial charge is 0.435 e. The first kappa shape index (κ1) is 23.0. The van der Waals surface area contributed by atoms with Crippen LogP contribution in [0.25, 0.3) is 0 Å². The molecule has 3 rings (SSSR count). The van der Waals surface area contributed by atoms with Crippen LogP contribution in [-0.2, 0) is 17.8 Å². The second-order valence-electron chi connectivity index (χ2n) is 9.57. The molecule has 2 aromatic rings. The summed E-state index contributed by atoms with van der Waals surface area (Å²) in [6.45, 7) is 8.95. The van der Waals surface area contributed by atoms with Gasteiger partial charge in [-0.05, 0) is 78.6 Å². The molecule has 0 aromatic heterocycles. The number of carbonyl (C=O) groups excluding carboxylic acids is 1. The molecule has 31 heavy (non-hydrogen) atoms. The molecule has 0 fully saturated rings. The Balaban J connectivity index is 1.79. The molecule has 1 heterocycles. The lowest BCUT2D eigenvalue weighted by Gasteiger charge is -2.26. The summed E-state index contributed by atoms with van der Waals surface area (Å²) >= 11 is 0. The summed E-state index contributed by atoms with van der Waals surface area (Å²) in [4.78, 5) is 14.7. The maximum Gasteiger partial charge on any atom is 0.387 e. The zero-order valence-corrected chi connectivity index (χ0v) is 19.0. The number of rotatable bonds is 5. The van der Waals surface area contributed by atoms with Crippen LogP contribution < -0.4 is 15.0 Å². The van der Waals surface area contributed by atoms with Crippen molar-refractivity contribution >= 4 is 17.3 Å². The summed E-state index contributed by atoms with van der Waals surface area (Å²) in [7, 11) is 0. The van der Waals surface area contributed by atoms with Gasteiger partial charge in [-0.25, -0.2) is 0 Å². The summed E-state index contributed by atoms with van der Waals surface area (Å²) in [5.74, 6) is 0.237. The van der Waals surface area contributed by atoms with Gasteiger partial charge in [0.1, 0.15) is 5.75 Å². The van der Waals surface area contributed by atoms with Gasteiger partial charge in [0.05, 0.1) is 0 Å². The molecule has 0 saturated carbocycles. The van der Waals surface area contributed by atoms with Gasteiger partial charge in [0.25, 0.3) is 0 Å². The Kier molecular flexibility index (Phi) is 6.87. The number of aryl methyl sites for hydroxylation is 3. The predicted octanol–water partition coefficient (Wildman–Crippen LogP) is 6.23. The maximum atomic E-state index is 12.5. The van der Waals surface area contributed by atoms with Crippen molar-refractivity contribution in [3.8, 4) is 5.75 Å². The van der Waals surface area contributed by atoms with Gasteiger partial charge in [-0.2, -0.15) is 8.78 Å². The Labute approximate surface area is 183 Å². The van der Waals surface area contributed by atoms with Gasteiger partial charge in [0.2, 0.25) is 5.91 Å². The van der Waals surface area contributed by atoms with Crippen LogP contribution in [0.2, 0.25) is 0 Å². The van der Waals surface area contributed by atoms with Crippen molar-refractivity contribution in [3.63, 3.8) is 0 Å². The molecular formula is C25H32F2N2O2. The molecule has 0 radical (unpaired) electrons. The number of carbonyl (C=O) groups is 1. The Hall–Kier alpha value is -2.63. The van der Waals surface area contributed by atoms with E-state index >= 15 is 0 Å². The normalized spacial score (nSPS) is 14.3. The second-order valence-corrected chi connectivity index (χ2v) is 9.57. The third-order valence-electron chi connectivity index (χ3n) is 5.48. The molecular weight excluding hydrogens is 398 g/mol. The van der Waals surface area contributed by atoms with Gasteiger partial charge >= 0.3 is 6.61 Å². The SMILES string of the molecule is Cc1cc(N2CCCc3cc(OC(F)F)ccc3C2)cc(C)c1NC(=O)CC(C)(C)C. The smallest absolute Gasteiger partial charge is 0.387 e. The van der Waals surface area contributed by atoms with E-state index in [1.54, 1.807) is 12.1 Å². The maximum absolute atomic E-state index is 12.5. The van der Waals surface area contributed by atoms with Gasteiger partial charge in [-0.3, -0.25) is 4.79 Å². The summed E-state index contributed by atoms with van der Waals surface area (Å²) in [5, 5.41) is 3.08. The van der Waals surface area contributed by atoms with Gasteiger partial charge in [0, 0.05) is 30.9 Å². The van der Waals surface area contributed by atoms with Crippen LogP contribution in [0.3, 0.4) is 0 Å². The molecule has 1 aliphatic rings. The van der Waals surface area contributed by atoms with E-state index in [0.717, 1.165) is 53.0 Å². The van der Waals surface area contributed by atoms with Crippen LogP contribution in [0.4, 0.5) is 20.2 Å². The Morgan fingerprint density at radius 2 is 1.81 bits per heavy atom. The molecule has 0 aliphatic carbocycles. The van der Waals surface area contributed by atoms with E-state index in [9.17, 15) is 13.6 Å². The molecule has 2 aromatic carbocycles. The van der Waals surface area contributed by atoms with Crippen LogP contribution in [-0.4, -0.2) is 19.1 Å². The predicted molar refractivity (Wildman–Crippen MR) is 121 cm³/mol. The van der Waals surface area contributed by atoms with Crippen molar-refractivity contribution in [2.75, 3.05) is 16.8 Å². The summed E-state index contributed by atoms with van der Waals surface area (Å²) in [6, 6.07) is 9.44. The minimum Gasteiger partial charge on any atom is -0.435 e. The van der Waals surface area contributed by atoms with Gasteiger partial charge in [0.15, 0.2) is 0 Å². The number of anilines is 2. The minimum atomic E-state index is -2.81. The average Bonchev–Trinajstić information content (AvgIpc) is 2.84. The van der Waals surface area contributed by atoms with Crippen molar-refractivity contribution in [3.05, 3.63) is 52.6 Å². The molecule has 0 spiro atoms.